The van der Waals surface area contributed by atoms with Crippen molar-refractivity contribution in [3.8, 4) is 0 Å². The number of carbonyl (C=O) groups is 2. The van der Waals surface area contributed by atoms with Crippen molar-refractivity contribution >= 4 is 35.2 Å². The number of nitrogens with zero attached hydrogens (tertiary/aromatic N) is 1. The summed E-state index contributed by atoms with van der Waals surface area (Å²) in [7, 11) is 0. The second-order valence-electron chi connectivity index (χ2n) is 8.26. The zero-order valence-corrected chi connectivity index (χ0v) is 19.9. The van der Waals surface area contributed by atoms with Crippen molar-refractivity contribution in [3.05, 3.63) is 70.5 Å². The molecule has 1 atom stereocenters. The number of halogens is 2. The Labute approximate surface area is 198 Å². The molecular formula is C25H30ClFN2O2S. The summed E-state index contributed by atoms with van der Waals surface area (Å²) in [5.41, 5.74) is 1.43. The van der Waals surface area contributed by atoms with Crippen molar-refractivity contribution in [1.29, 1.82) is 0 Å². The van der Waals surface area contributed by atoms with Gasteiger partial charge in [-0.1, -0.05) is 61.2 Å². The highest BCUT2D eigenvalue weighted by Crippen LogP contribution is 2.20. The van der Waals surface area contributed by atoms with E-state index in [1.165, 1.54) is 24.2 Å². The van der Waals surface area contributed by atoms with E-state index in [-0.39, 0.29) is 29.4 Å². The van der Waals surface area contributed by atoms with Crippen LogP contribution < -0.4 is 5.32 Å². The fraction of sp³-hybridized carbons (Fsp3) is 0.440. The topological polar surface area (TPSA) is 49.4 Å². The van der Waals surface area contributed by atoms with Crippen LogP contribution in [0.1, 0.15) is 50.2 Å². The highest BCUT2D eigenvalue weighted by Gasteiger charge is 2.28. The molecule has 7 heteroatoms. The molecule has 2 amide bonds. The molecule has 0 radical (unpaired) electrons. The quantitative estimate of drug-likeness (QED) is 0.514. The predicted molar refractivity (Wildman–Crippen MR) is 129 cm³/mol. The molecule has 1 aliphatic rings. The van der Waals surface area contributed by atoms with Crippen molar-refractivity contribution in [2.45, 2.75) is 63.4 Å². The first-order valence-electron chi connectivity index (χ1n) is 11.1. The van der Waals surface area contributed by atoms with E-state index >= 15 is 0 Å². The molecule has 4 nitrogen and oxygen atoms in total. The summed E-state index contributed by atoms with van der Waals surface area (Å²) < 4.78 is 13.9. The molecule has 3 rings (SSSR count). The third-order valence-corrected chi connectivity index (χ3v) is 7.00. The molecule has 172 valence electrons. The summed E-state index contributed by atoms with van der Waals surface area (Å²) in [4.78, 5) is 27.7. The van der Waals surface area contributed by atoms with Crippen molar-refractivity contribution < 1.29 is 14.0 Å². The SMILES string of the molecule is C[C@@H](C(=O)NC1CCCCC1)N(Cc1cccc(Cl)c1)C(=O)CSCc1ccccc1F. The van der Waals surface area contributed by atoms with Gasteiger partial charge in [-0.25, -0.2) is 4.39 Å². The molecule has 2 aromatic rings. The van der Waals surface area contributed by atoms with E-state index < -0.39 is 6.04 Å². The van der Waals surface area contributed by atoms with Gasteiger partial charge in [0.15, 0.2) is 0 Å². The van der Waals surface area contributed by atoms with Gasteiger partial charge in [-0.05, 0) is 49.1 Å². The molecule has 0 bridgehead atoms. The van der Waals surface area contributed by atoms with Crippen molar-refractivity contribution in [3.63, 3.8) is 0 Å². The third kappa shape index (κ3) is 7.24. The summed E-state index contributed by atoms with van der Waals surface area (Å²) in [6.45, 7) is 2.06. The maximum absolute atomic E-state index is 13.9. The Bertz CT molecular complexity index is 920. The molecule has 2 aromatic carbocycles. The van der Waals surface area contributed by atoms with E-state index in [1.807, 2.05) is 12.1 Å². The first-order chi connectivity index (χ1) is 15.4. The fourth-order valence-electron chi connectivity index (χ4n) is 3.93. The molecule has 0 saturated heterocycles. The first-order valence-corrected chi connectivity index (χ1v) is 12.6. The molecule has 1 aliphatic carbocycles. The molecule has 0 heterocycles. The number of hydrogen-bond donors (Lipinski definition) is 1. The van der Waals surface area contributed by atoms with Gasteiger partial charge < -0.3 is 10.2 Å². The largest absolute Gasteiger partial charge is 0.352 e. The highest BCUT2D eigenvalue weighted by molar-refractivity contribution is 7.99. The van der Waals surface area contributed by atoms with Crippen LogP contribution in [0.4, 0.5) is 4.39 Å². The molecule has 1 N–H and O–H groups in total. The number of carbonyl (C=O) groups excluding carboxylic acids is 2. The van der Waals surface area contributed by atoms with Crippen LogP contribution in [0, 0.1) is 5.82 Å². The second kappa shape index (κ2) is 12.3. The molecule has 0 spiro atoms. The minimum Gasteiger partial charge on any atom is -0.352 e. The predicted octanol–water partition coefficient (Wildman–Crippen LogP) is 5.58. The maximum atomic E-state index is 13.9. The van der Waals surface area contributed by atoms with Crippen LogP contribution in [0.15, 0.2) is 48.5 Å². The minimum absolute atomic E-state index is 0.133. The number of rotatable bonds is 9. The van der Waals surface area contributed by atoms with Gasteiger partial charge in [0.25, 0.3) is 0 Å². The Balaban J connectivity index is 1.66. The summed E-state index contributed by atoms with van der Waals surface area (Å²) in [5, 5.41) is 3.71. The number of benzene rings is 2. The standard InChI is InChI=1S/C25H30ClFN2O2S/c1-18(25(31)28-22-11-3-2-4-12-22)29(15-19-8-7-10-21(26)14-19)24(30)17-32-16-20-9-5-6-13-23(20)27/h5-10,13-14,18,22H,2-4,11-12,15-17H2,1H3,(H,28,31)/t18-/m0/s1. The summed E-state index contributed by atoms with van der Waals surface area (Å²) in [6, 6.07) is 13.4. The lowest BCUT2D eigenvalue weighted by molar-refractivity contribution is -0.139. The number of hydrogen-bond acceptors (Lipinski definition) is 3. The summed E-state index contributed by atoms with van der Waals surface area (Å²) in [5.74, 6) is -0.00499. The van der Waals surface area contributed by atoms with Gasteiger partial charge in [0.2, 0.25) is 11.8 Å². The van der Waals surface area contributed by atoms with E-state index in [0.717, 1.165) is 31.2 Å². The zero-order valence-electron chi connectivity index (χ0n) is 18.4. The molecule has 32 heavy (non-hydrogen) atoms. The number of nitrogens with one attached hydrogen (secondary N) is 1. The Morgan fingerprint density at radius 2 is 1.91 bits per heavy atom. The number of thioether (sulfide) groups is 1. The van der Waals surface area contributed by atoms with Gasteiger partial charge in [0, 0.05) is 23.4 Å². The Kier molecular flexibility index (Phi) is 9.42. The van der Waals surface area contributed by atoms with Crippen molar-refractivity contribution in [1.82, 2.24) is 10.2 Å². The van der Waals surface area contributed by atoms with Crippen molar-refractivity contribution in [2.24, 2.45) is 0 Å². The van der Waals surface area contributed by atoms with Gasteiger partial charge in [0.05, 0.1) is 5.75 Å². The Hall–Kier alpha value is -2.05. The van der Waals surface area contributed by atoms with Gasteiger partial charge in [0.1, 0.15) is 11.9 Å². The van der Waals surface area contributed by atoms with E-state index in [9.17, 15) is 14.0 Å². The normalized spacial score (nSPS) is 15.2. The van der Waals surface area contributed by atoms with Gasteiger partial charge in [-0.15, -0.1) is 11.8 Å². The van der Waals surface area contributed by atoms with Crippen molar-refractivity contribution in [2.75, 3.05) is 5.75 Å². The first kappa shape index (κ1) is 24.6. The second-order valence-corrected chi connectivity index (χ2v) is 9.68. The fourth-order valence-corrected chi connectivity index (χ4v) is 5.04. The molecule has 1 saturated carbocycles. The minimum atomic E-state index is -0.613. The summed E-state index contributed by atoms with van der Waals surface area (Å²) >= 11 is 7.47. The van der Waals surface area contributed by atoms with Gasteiger partial charge in [-0.3, -0.25) is 9.59 Å². The van der Waals surface area contributed by atoms with E-state index in [2.05, 4.69) is 5.32 Å². The lowest BCUT2D eigenvalue weighted by Crippen LogP contribution is -2.50. The van der Waals surface area contributed by atoms with Crippen LogP contribution in [0.2, 0.25) is 5.02 Å². The van der Waals surface area contributed by atoms with Crippen LogP contribution in [0.3, 0.4) is 0 Å². The summed E-state index contributed by atoms with van der Waals surface area (Å²) in [6.07, 6.45) is 5.42. The molecule has 1 fully saturated rings. The average molecular weight is 477 g/mol. The number of amides is 2. The van der Waals surface area contributed by atoms with Crippen LogP contribution in [-0.2, 0) is 21.9 Å². The van der Waals surface area contributed by atoms with Gasteiger partial charge in [-0.2, -0.15) is 0 Å². The van der Waals surface area contributed by atoms with E-state index in [0.29, 0.717) is 22.9 Å². The van der Waals surface area contributed by atoms with E-state index in [1.54, 1.807) is 42.2 Å². The monoisotopic (exact) mass is 476 g/mol. The van der Waals surface area contributed by atoms with E-state index in [4.69, 9.17) is 11.6 Å². The van der Waals surface area contributed by atoms with Crippen LogP contribution in [0.25, 0.3) is 0 Å². The maximum Gasteiger partial charge on any atom is 0.242 e. The molecule has 0 aliphatic heterocycles. The Morgan fingerprint density at radius 1 is 1.16 bits per heavy atom. The lowest BCUT2D eigenvalue weighted by atomic mass is 9.95. The molecule has 0 unspecified atom stereocenters. The smallest absolute Gasteiger partial charge is 0.242 e. The lowest BCUT2D eigenvalue weighted by Gasteiger charge is -2.31. The molecule has 0 aromatic heterocycles. The van der Waals surface area contributed by atoms with Crippen LogP contribution in [0.5, 0.6) is 0 Å². The highest BCUT2D eigenvalue weighted by atomic mass is 35.5. The van der Waals surface area contributed by atoms with Crippen LogP contribution >= 0.6 is 23.4 Å². The zero-order chi connectivity index (χ0) is 22.9. The molecular weight excluding hydrogens is 447 g/mol. The van der Waals surface area contributed by atoms with Crippen LogP contribution in [-0.4, -0.2) is 34.6 Å². The Morgan fingerprint density at radius 3 is 2.62 bits per heavy atom. The van der Waals surface area contributed by atoms with Gasteiger partial charge >= 0.3 is 0 Å². The average Bonchev–Trinajstić information content (AvgIpc) is 2.79. The third-order valence-electron chi connectivity index (χ3n) is 5.80.